The van der Waals surface area contributed by atoms with Gasteiger partial charge in [-0.15, -0.1) is 0 Å². The van der Waals surface area contributed by atoms with Crippen LogP contribution in [-0.4, -0.2) is 35.0 Å². The van der Waals surface area contributed by atoms with Crippen LogP contribution in [0.5, 0.6) is 0 Å². The molecule has 0 saturated heterocycles. The first kappa shape index (κ1) is 19.5. The SMILES string of the molecule is O=C(OCCCOC(=O)c1ccccc1[N+](=O)[O-])c1ccccc1[N+](=O)[O-]. The Labute approximate surface area is 152 Å². The number of ether oxygens (including phenoxy) is 2. The molecule has 2 rings (SSSR count). The number of nitro benzene ring substituents is 2. The van der Waals surface area contributed by atoms with E-state index < -0.39 is 21.8 Å². The van der Waals surface area contributed by atoms with Crippen molar-refractivity contribution in [2.24, 2.45) is 0 Å². The Morgan fingerprint density at radius 2 is 1.11 bits per heavy atom. The first-order valence-electron chi connectivity index (χ1n) is 7.73. The molecule has 0 atom stereocenters. The van der Waals surface area contributed by atoms with Gasteiger partial charge in [0, 0.05) is 18.6 Å². The number of para-hydroxylation sites is 2. The number of hydrogen-bond donors (Lipinski definition) is 0. The zero-order valence-corrected chi connectivity index (χ0v) is 13.9. The number of rotatable bonds is 8. The molecule has 2 aromatic carbocycles. The van der Waals surface area contributed by atoms with Crippen LogP contribution in [0.2, 0.25) is 0 Å². The quantitative estimate of drug-likeness (QED) is 0.297. The molecule has 0 fully saturated rings. The second-order valence-electron chi connectivity index (χ2n) is 5.17. The summed E-state index contributed by atoms with van der Waals surface area (Å²) in [6.45, 7) is -0.288. The minimum Gasteiger partial charge on any atom is -0.462 e. The van der Waals surface area contributed by atoms with E-state index in [0.717, 1.165) is 0 Å². The molecule has 0 amide bonds. The van der Waals surface area contributed by atoms with Crippen molar-refractivity contribution < 1.29 is 28.9 Å². The summed E-state index contributed by atoms with van der Waals surface area (Å²) in [5.74, 6) is -1.74. The van der Waals surface area contributed by atoms with Crippen molar-refractivity contribution in [1.29, 1.82) is 0 Å². The van der Waals surface area contributed by atoms with Gasteiger partial charge < -0.3 is 9.47 Å². The van der Waals surface area contributed by atoms with Gasteiger partial charge in [-0.3, -0.25) is 20.2 Å². The molecule has 0 N–H and O–H groups in total. The van der Waals surface area contributed by atoms with E-state index in [0.29, 0.717) is 0 Å². The molecule has 140 valence electrons. The molecule has 0 bridgehead atoms. The smallest absolute Gasteiger partial charge is 0.345 e. The minimum atomic E-state index is -0.868. The van der Waals surface area contributed by atoms with Crippen molar-refractivity contribution in [3.05, 3.63) is 79.9 Å². The first-order chi connectivity index (χ1) is 12.9. The Morgan fingerprint density at radius 1 is 0.741 bits per heavy atom. The summed E-state index contributed by atoms with van der Waals surface area (Å²) in [7, 11) is 0. The standard InChI is InChI=1S/C17H14N2O8/c20-16(12-6-1-3-8-14(12)18(22)23)26-10-5-11-27-17(21)13-7-2-4-9-15(13)19(24)25/h1-4,6-9H,5,10-11H2. The predicted molar refractivity (Wildman–Crippen MR) is 91.4 cm³/mol. The summed E-state index contributed by atoms with van der Waals surface area (Å²) in [5.41, 5.74) is -1.10. The third-order valence-corrected chi connectivity index (χ3v) is 3.40. The van der Waals surface area contributed by atoms with E-state index in [1.54, 1.807) is 0 Å². The van der Waals surface area contributed by atoms with Crippen molar-refractivity contribution in [3.8, 4) is 0 Å². The lowest BCUT2D eigenvalue weighted by Gasteiger charge is -2.07. The highest BCUT2D eigenvalue weighted by Gasteiger charge is 2.21. The van der Waals surface area contributed by atoms with Crippen LogP contribution in [0.25, 0.3) is 0 Å². The molecule has 0 heterocycles. The highest BCUT2D eigenvalue weighted by atomic mass is 16.6. The highest BCUT2D eigenvalue weighted by Crippen LogP contribution is 2.19. The summed E-state index contributed by atoms with van der Waals surface area (Å²) >= 11 is 0. The van der Waals surface area contributed by atoms with Gasteiger partial charge in [0.1, 0.15) is 11.1 Å². The van der Waals surface area contributed by atoms with E-state index in [1.807, 2.05) is 0 Å². The average molecular weight is 374 g/mol. The van der Waals surface area contributed by atoms with Crippen molar-refractivity contribution in [3.63, 3.8) is 0 Å². The third-order valence-electron chi connectivity index (χ3n) is 3.40. The van der Waals surface area contributed by atoms with Crippen molar-refractivity contribution in [2.45, 2.75) is 6.42 Å². The maximum Gasteiger partial charge on any atom is 0.345 e. The van der Waals surface area contributed by atoms with Gasteiger partial charge in [-0.1, -0.05) is 24.3 Å². The molecule has 2 aromatic rings. The van der Waals surface area contributed by atoms with Crippen molar-refractivity contribution >= 4 is 23.3 Å². The summed E-state index contributed by atoms with van der Waals surface area (Å²) in [6.07, 6.45) is 0.124. The molecule has 0 saturated carbocycles. The van der Waals surface area contributed by atoms with Crippen molar-refractivity contribution in [2.75, 3.05) is 13.2 Å². The molecular formula is C17H14N2O8. The topological polar surface area (TPSA) is 139 Å². The van der Waals surface area contributed by atoms with Gasteiger partial charge in [0.15, 0.2) is 0 Å². The van der Waals surface area contributed by atoms with E-state index >= 15 is 0 Å². The second-order valence-corrected chi connectivity index (χ2v) is 5.17. The minimum absolute atomic E-state index is 0.124. The summed E-state index contributed by atoms with van der Waals surface area (Å²) in [5, 5.41) is 21.8. The normalized spacial score (nSPS) is 10.1. The van der Waals surface area contributed by atoms with Gasteiger partial charge in [0.05, 0.1) is 23.1 Å². The number of benzene rings is 2. The zero-order chi connectivity index (χ0) is 19.8. The first-order valence-corrected chi connectivity index (χ1v) is 7.73. The van der Waals surface area contributed by atoms with Gasteiger partial charge in [-0.05, 0) is 12.1 Å². The molecule has 27 heavy (non-hydrogen) atoms. The van der Waals surface area contributed by atoms with Crippen LogP contribution in [0.4, 0.5) is 11.4 Å². The molecule has 0 aliphatic heterocycles. The Balaban J connectivity index is 1.83. The van der Waals surface area contributed by atoms with Crippen LogP contribution >= 0.6 is 0 Å². The highest BCUT2D eigenvalue weighted by molar-refractivity contribution is 5.94. The van der Waals surface area contributed by atoms with Gasteiger partial charge in [-0.25, -0.2) is 9.59 Å². The van der Waals surface area contributed by atoms with E-state index in [4.69, 9.17) is 9.47 Å². The van der Waals surface area contributed by atoms with E-state index in [9.17, 15) is 29.8 Å². The number of carbonyl (C=O) groups is 2. The van der Waals surface area contributed by atoms with Crippen LogP contribution in [0.15, 0.2) is 48.5 Å². The predicted octanol–water partition coefficient (Wildman–Crippen LogP) is 2.91. The number of nitro groups is 2. The monoisotopic (exact) mass is 374 g/mol. The van der Waals surface area contributed by atoms with Crippen LogP contribution in [0.3, 0.4) is 0 Å². The van der Waals surface area contributed by atoms with Crippen LogP contribution in [0, 0.1) is 20.2 Å². The molecule has 0 spiro atoms. The molecule has 10 nitrogen and oxygen atoms in total. The lowest BCUT2D eigenvalue weighted by atomic mass is 10.2. The second kappa shape index (κ2) is 9.04. The molecule has 0 aliphatic rings. The summed E-state index contributed by atoms with van der Waals surface area (Å²) < 4.78 is 9.85. The maximum atomic E-state index is 11.9. The van der Waals surface area contributed by atoms with Crippen LogP contribution in [-0.2, 0) is 9.47 Å². The fraction of sp³-hybridized carbons (Fsp3) is 0.176. The Morgan fingerprint density at radius 3 is 1.48 bits per heavy atom. The van der Waals surface area contributed by atoms with Crippen LogP contribution < -0.4 is 0 Å². The lowest BCUT2D eigenvalue weighted by molar-refractivity contribution is -0.385. The fourth-order valence-corrected chi connectivity index (χ4v) is 2.16. The number of carbonyl (C=O) groups excluding carboxylic acids is 2. The van der Waals surface area contributed by atoms with Gasteiger partial charge >= 0.3 is 11.9 Å². The number of hydrogen-bond acceptors (Lipinski definition) is 8. The molecule has 0 radical (unpaired) electrons. The number of esters is 2. The Kier molecular flexibility index (Phi) is 6.53. The average Bonchev–Trinajstić information content (AvgIpc) is 2.67. The van der Waals surface area contributed by atoms with E-state index in [2.05, 4.69) is 0 Å². The fourth-order valence-electron chi connectivity index (χ4n) is 2.16. The molecule has 0 aromatic heterocycles. The maximum absolute atomic E-state index is 11.9. The molecule has 0 unspecified atom stereocenters. The summed E-state index contributed by atoms with van der Waals surface area (Å²) in [6, 6.07) is 10.7. The Bertz CT molecular complexity index is 809. The molecule has 0 aliphatic carbocycles. The zero-order valence-electron chi connectivity index (χ0n) is 13.9. The largest absolute Gasteiger partial charge is 0.462 e. The molecule has 10 heteroatoms. The van der Waals surface area contributed by atoms with Crippen LogP contribution in [0.1, 0.15) is 27.1 Å². The van der Waals surface area contributed by atoms with Gasteiger partial charge in [-0.2, -0.15) is 0 Å². The lowest BCUT2D eigenvalue weighted by Crippen LogP contribution is -2.13. The summed E-state index contributed by atoms with van der Waals surface area (Å²) in [4.78, 5) is 44.2. The van der Waals surface area contributed by atoms with Gasteiger partial charge in [0.2, 0.25) is 0 Å². The molecular weight excluding hydrogens is 360 g/mol. The van der Waals surface area contributed by atoms with Gasteiger partial charge in [0.25, 0.3) is 11.4 Å². The van der Waals surface area contributed by atoms with E-state index in [-0.39, 0.29) is 42.1 Å². The Hall–Kier alpha value is -3.82. The van der Waals surface area contributed by atoms with Crippen molar-refractivity contribution in [1.82, 2.24) is 0 Å². The number of nitrogens with zero attached hydrogens (tertiary/aromatic N) is 2. The third kappa shape index (κ3) is 5.08. The van der Waals surface area contributed by atoms with E-state index in [1.165, 1.54) is 48.5 Å².